The zero-order valence-corrected chi connectivity index (χ0v) is 32.0. The third-order valence-corrected chi connectivity index (χ3v) is 11.2. The lowest BCUT2D eigenvalue weighted by molar-refractivity contribution is 0.670. The molecule has 2 aromatic heterocycles. The third kappa shape index (κ3) is 6.43. The fraction of sp³-hybridized carbons (Fsp3) is 0. The van der Waals surface area contributed by atoms with E-state index >= 15 is 0 Å². The fourth-order valence-electron chi connectivity index (χ4n) is 8.12. The molecule has 0 saturated carbocycles. The predicted molar refractivity (Wildman–Crippen MR) is 243 cm³/mol. The molecule has 2 heterocycles. The first kappa shape index (κ1) is 34.3. The molecule has 0 aliphatic heterocycles. The normalized spacial score (nSPS) is 11.4. The van der Waals surface area contributed by atoms with E-state index in [1.54, 1.807) is 0 Å². The molecule has 0 bridgehead atoms. The number of aromatic nitrogens is 3. The molecule has 0 spiro atoms. The molecule has 0 amide bonds. The number of hydrogen-bond donors (Lipinski definition) is 0. The van der Waals surface area contributed by atoms with Crippen molar-refractivity contribution in [1.82, 2.24) is 15.0 Å². The molecular weight excluding hydrogens is 719 g/mol. The fourth-order valence-corrected chi connectivity index (χ4v) is 8.12. The van der Waals surface area contributed by atoms with Gasteiger partial charge in [-0.05, 0) is 67.9 Å². The predicted octanol–water partition coefficient (Wildman–Crippen LogP) is 14.6. The van der Waals surface area contributed by atoms with Crippen LogP contribution < -0.4 is 0 Å². The Labute approximate surface area is 341 Å². The summed E-state index contributed by atoms with van der Waals surface area (Å²) in [5.41, 5.74) is 13.6. The lowest BCUT2D eigenvalue weighted by Crippen LogP contribution is -2.01. The molecule has 11 rings (SSSR count). The summed E-state index contributed by atoms with van der Waals surface area (Å²) in [5, 5.41) is 4.62. The van der Waals surface area contributed by atoms with Crippen LogP contribution in [0.15, 0.2) is 217 Å². The highest BCUT2D eigenvalue weighted by molar-refractivity contribution is 6.10. The Morgan fingerprint density at radius 1 is 0.271 bits per heavy atom. The molecule has 9 aromatic carbocycles. The number of hydrogen-bond acceptors (Lipinski definition) is 4. The molecule has 0 radical (unpaired) electrons. The van der Waals surface area contributed by atoms with Gasteiger partial charge in [0.15, 0.2) is 17.5 Å². The Kier molecular flexibility index (Phi) is 8.45. The van der Waals surface area contributed by atoms with Crippen molar-refractivity contribution < 1.29 is 4.42 Å². The van der Waals surface area contributed by atoms with Gasteiger partial charge in [0.1, 0.15) is 11.2 Å². The topological polar surface area (TPSA) is 51.8 Å². The minimum absolute atomic E-state index is 0.622. The van der Waals surface area contributed by atoms with E-state index in [9.17, 15) is 0 Å². The quantitative estimate of drug-likeness (QED) is 0.163. The van der Waals surface area contributed by atoms with Crippen molar-refractivity contribution >= 4 is 32.7 Å². The molecule has 0 saturated heterocycles. The van der Waals surface area contributed by atoms with Crippen LogP contribution in [0.25, 0.3) is 111 Å². The van der Waals surface area contributed by atoms with Gasteiger partial charge >= 0.3 is 0 Å². The SMILES string of the molecule is c1ccc(-c2ccc(-c3nc(-c4ccc(-c5ccc6cc(-c7cccc8c7oc7ccccc78)ccc6c5)cc4)nc(-c4ccccc4-c4ccccc4)n3)cc2)cc1. The second kappa shape index (κ2) is 14.5. The van der Waals surface area contributed by atoms with Crippen molar-refractivity contribution in [3.63, 3.8) is 0 Å². The molecule has 0 unspecified atom stereocenters. The van der Waals surface area contributed by atoms with Gasteiger partial charge in [-0.2, -0.15) is 0 Å². The van der Waals surface area contributed by atoms with Crippen molar-refractivity contribution in [2.24, 2.45) is 0 Å². The van der Waals surface area contributed by atoms with E-state index in [0.717, 1.165) is 77.6 Å². The van der Waals surface area contributed by atoms with Crippen LogP contribution in [0.5, 0.6) is 0 Å². The molecular formula is C55H35N3O. The average Bonchev–Trinajstić information content (AvgIpc) is 3.71. The number of para-hydroxylation sites is 2. The van der Waals surface area contributed by atoms with Crippen molar-refractivity contribution in [2.75, 3.05) is 0 Å². The Bertz CT molecular complexity index is 3300. The second-order valence-electron chi connectivity index (χ2n) is 14.8. The highest BCUT2D eigenvalue weighted by Crippen LogP contribution is 2.38. The van der Waals surface area contributed by atoms with Gasteiger partial charge < -0.3 is 4.42 Å². The summed E-state index contributed by atoms with van der Waals surface area (Å²) in [6, 6.07) is 74.1. The van der Waals surface area contributed by atoms with Gasteiger partial charge in [0.2, 0.25) is 0 Å². The molecule has 276 valence electrons. The Balaban J connectivity index is 0.946. The van der Waals surface area contributed by atoms with Crippen LogP contribution in [-0.2, 0) is 0 Å². The number of fused-ring (bicyclic) bond motifs is 4. The number of furan rings is 1. The maximum atomic E-state index is 6.36. The van der Waals surface area contributed by atoms with Crippen LogP contribution in [-0.4, -0.2) is 15.0 Å². The molecule has 0 N–H and O–H groups in total. The van der Waals surface area contributed by atoms with Crippen molar-refractivity contribution in [3.8, 4) is 78.7 Å². The summed E-state index contributed by atoms with van der Waals surface area (Å²) in [4.78, 5) is 15.3. The number of nitrogens with zero attached hydrogens (tertiary/aromatic N) is 3. The first-order chi connectivity index (χ1) is 29.2. The van der Waals surface area contributed by atoms with Crippen molar-refractivity contribution in [1.29, 1.82) is 0 Å². The Morgan fingerprint density at radius 3 is 1.42 bits per heavy atom. The third-order valence-electron chi connectivity index (χ3n) is 11.2. The number of rotatable bonds is 7. The highest BCUT2D eigenvalue weighted by Gasteiger charge is 2.17. The molecule has 4 heteroatoms. The van der Waals surface area contributed by atoms with Crippen LogP contribution >= 0.6 is 0 Å². The summed E-state index contributed by atoms with van der Waals surface area (Å²) < 4.78 is 6.36. The Hall–Kier alpha value is -7.95. The van der Waals surface area contributed by atoms with E-state index in [-0.39, 0.29) is 0 Å². The summed E-state index contributed by atoms with van der Waals surface area (Å²) in [7, 11) is 0. The van der Waals surface area contributed by atoms with Crippen LogP contribution in [0.3, 0.4) is 0 Å². The van der Waals surface area contributed by atoms with Gasteiger partial charge in [-0.1, -0.05) is 194 Å². The first-order valence-corrected chi connectivity index (χ1v) is 19.8. The molecule has 4 nitrogen and oxygen atoms in total. The van der Waals surface area contributed by atoms with E-state index in [1.165, 1.54) is 16.3 Å². The summed E-state index contributed by atoms with van der Waals surface area (Å²) >= 11 is 0. The summed E-state index contributed by atoms with van der Waals surface area (Å²) in [6.45, 7) is 0. The lowest BCUT2D eigenvalue weighted by Gasteiger charge is -2.12. The Morgan fingerprint density at radius 2 is 0.729 bits per heavy atom. The molecule has 0 aliphatic carbocycles. The zero-order valence-electron chi connectivity index (χ0n) is 32.0. The maximum absolute atomic E-state index is 6.36. The van der Waals surface area contributed by atoms with Gasteiger partial charge in [0, 0.05) is 33.0 Å². The van der Waals surface area contributed by atoms with E-state index < -0.39 is 0 Å². The van der Waals surface area contributed by atoms with Crippen LogP contribution in [0.4, 0.5) is 0 Å². The largest absolute Gasteiger partial charge is 0.455 e. The average molecular weight is 754 g/mol. The summed E-state index contributed by atoms with van der Waals surface area (Å²) in [6.07, 6.45) is 0. The van der Waals surface area contributed by atoms with Crippen molar-refractivity contribution in [3.05, 3.63) is 212 Å². The molecule has 0 aliphatic rings. The molecule has 11 aromatic rings. The van der Waals surface area contributed by atoms with Crippen molar-refractivity contribution in [2.45, 2.75) is 0 Å². The van der Waals surface area contributed by atoms with Gasteiger partial charge in [-0.15, -0.1) is 0 Å². The standard InChI is InChI=1S/C55H35N3O/c1-3-12-36(13-4-1)37-22-26-40(27-23-37)53-56-54(58-55(57-53)50-18-8-7-16-46(50)39-14-5-2-6-15-39)41-28-24-38(25-29-41)42-30-31-44-35-45(33-32-43(44)34-42)47-19-11-20-49-48-17-9-10-21-51(48)59-52(47)49/h1-35H. The van der Waals surface area contributed by atoms with E-state index in [4.69, 9.17) is 19.4 Å². The molecule has 0 fully saturated rings. The summed E-state index contributed by atoms with van der Waals surface area (Å²) in [5.74, 6) is 1.88. The first-order valence-electron chi connectivity index (χ1n) is 19.8. The van der Waals surface area contributed by atoms with Gasteiger partial charge in [0.25, 0.3) is 0 Å². The maximum Gasteiger partial charge on any atom is 0.164 e. The van der Waals surface area contributed by atoms with Gasteiger partial charge in [0.05, 0.1) is 0 Å². The lowest BCUT2D eigenvalue weighted by atomic mass is 9.96. The highest BCUT2D eigenvalue weighted by atomic mass is 16.3. The van der Waals surface area contributed by atoms with E-state index in [1.807, 2.05) is 30.3 Å². The van der Waals surface area contributed by atoms with E-state index in [0.29, 0.717) is 17.5 Å². The smallest absolute Gasteiger partial charge is 0.164 e. The molecule has 59 heavy (non-hydrogen) atoms. The van der Waals surface area contributed by atoms with Gasteiger partial charge in [-0.3, -0.25) is 0 Å². The van der Waals surface area contributed by atoms with E-state index in [2.05, 4.69) is 182 Å². The monoisotopic (exact) mass is 753 g/mol. The molecule has 0 atom stereocenters. The minimum atomic E-state index is 0.622. The zero-order chi connectivity index (χ0) is 39.1. The second-order valence-corrected chi connectivity index (χ2v) is 14.8. The number of benzene rings is 9. The minimum Gasteiger partial charge on any atom is -0.455 e. The van der Waals surface area contributed by atoms with Crippen LogP contribution in [0, 0.1) is 0 Å². The van der Waals surface area contributed by atoms with Crippen LogP contribution in [0.2, 0.25) is 0 Å². The van der Waals surface area contributed by atoms with Gasteiger partial charge in [-0.25, -0.2) is 15.0 Å². The van der Waals surface area contributed by atoms with Crippen LogP contribution in [0.1, 0.15) is 0 Å².